The summed E-state index contributed by atoms with van der Waals surface area (Å²) < 4.78 is 22.5. The first kappa shape index (κ1) is 12.0. The summed E-state index contributed by atoms with van der Waals surface area (Å²) in [5.74, 6) is 0. The lowest BCUT2D eigenvalue weighted by Gasteiger charge is -1.98. The van der Waals surface area contributed by atoms with Gasteiger partial charge >= 0.3 is 0 Å². The Morgan fingerprint density at radius 1 is 1.12 bits per heavy atom. The van der Waals surface area contributed by atoms with Crippen LogP contribution < -0.4 is 5.14 Å². The minimum atomic E-state index is -3.60. The quantitative estimate of drug-likeness (QED) is 0.927. The van der Waals surface area contributed by atoms with Crippen LogP contribution in [-0.4, -0.2) is 8.42 Å². The van der Waals surface area contributed by atoms with E-state index >= 15 is 0 Å². The molecule has 1 aromatic heterocycles. The summed E-state index contributed by atoms with van der Waals surface area (Å²) in [4.78, 5) is 0.879. The van der Waals surface area contributed by atoms with E-state index < -0.39 is 10.0 Å². The fourth-order valence-electron chi connectivity index (χ4n) is 1.41. The molecule has 0 atom stereocenters. The molecule has 3 nitrogen and oxygen atoms in total. The number of thiophene rings is 1. The van der Waals surface area contributed by atoms with Crippen LogP contribution in [0.2, 0.25) is 0 Å². The van der Waals surface area contributed by atoms with E-state index in [0.717, 1.165) is 16.0 Å². The normalized spacial score (nSPS) is 11.4. The molecule has 0 spiro atoms. The highest BCUT2D eigenvalue weighted by Crippen LogP contribution is 2.30. The van der Waals surface area contributed by atoms with Crippen molar-refractivity contribution in [1.82, 2.24) is 0 Å². The van der Waals surface area contributed by atoms with Crippen LogP contribution in [0, 0.1) is 0 Å². The minimum Gasteiger partial charge on any atom is -0.224 e. The SMILES string of the molecule is C=Cc1ccc(-c2ccc(S(N)(=O)=O)s2)cc1. The van der Waals surface area contributed by atoms with Crippen LogP contribution in [0.1, 0.15) is 5.56 Å². The van der Waals surface area contributed by atoms with Crippen LogP contribution >= 0.6 is 11.3 Å². The third kappa shape index (κ3) is 2.63. The lowest BCUT2D eigenvalue weighted by atomic mass is 10.1. The Kier molecular flexibility index (Phi) is 3.15. The molecule has 5 heteroatoms. The van der Waals surface area contributed by atoms with Crippen LogP contribution in [-0.2, 0) is 10.0 Å². The first-order chi connectivity index (χ1) is 8.00. The summed E-state index contributed by atoms with van der Waals surface area (Å²) in [6.45, 7) is 3.68. The second-order valence-electron chi connectivity index (χ2n) is 3.49. The molecule has 0 saturated carbocycles. The van der Waals surface area contributed by atoms with Gasteiger partial charge in [0.15, 0.2) is 0 Å². The molecule has 0 aliphatic carbocycles. The highest BCUT2D eigenvalue weighted by Gasteiger charge is 2.11. The Balaban J connectivity index is 2.40. The third-order valence-electron chi connectivity index (χ3n) is 2.29. The number of sulfonamides is 1. The van der Waals surface area contributed by atoms with Crippen molar-refractivity contribution < 1.29 is 8.42 Å². The van der Waals surface area contributed by atoms with E-state index in [4.69, 9.17) is 5.14 Å². The minimum absolute atomic E-state index is 0.181. The van der Waals surface area contributed by atoms with Gasteiger partial charge in [0.1, 0.15) is 4.21 Å². The molecule has 1 heterocycles. The van der Waals surface area contributed by atoms with E-state index in [1.165, 1.54) is 17.4 Å². The fraction of sp³-hybridized carbons (Fsp3) is 0. The van der Waals surface area contributed by atoms with Crippen molar-refractivity contribution in [2.75, 3.05) is 0 Å². The van der Waals surface area contributed by atoms with E-state index in [1.807, 2.05) is 24.3 Å². The van der Waals surface area contributed by atoms with Crippen molar-refractivity contribution in [2.45, 2.75) is 4.21 Å². The molecule has 0 aliphatic heterocycles. The van der Waals surface area contributed by atoms with Crippen LogP contribution in [0.3, 0.4) is 0 Å². The third-order valence-corrected chi connectivity index (χ3v) is 4.87. The van der Waals surface area contributed by atoms with Gasteiger partial charge in [-0.1, -0.05) is 36.9 Å². The predicted molar refractivity (Wildman–Crippen MR) is 71.2 cm³/mol. The zero-order valence-electron chi connectivity index (χ0n) is 8.96. The van der Waals surface area contributed by atoms with Gasteiger partial charge in [-0.2, -0.15) is 0 Å². The van der Waals surface area contributed by atoms with Crippen molar-refractivity contribution in [3.8, 4) is 10.4 Å². The Bertz CT molecular complexity index is 639. The van der Waals surface area contributed by atoms with Crippen LogP contribution in [0.15, 0.2) is 47.2 Å². The first-order valence-corrected chi connectivity index (χ1v) is 7.22. The number of primary sulfonamides is 1. The molecule has 2 N–H and O–H groups in total. The molecular weight excluding hydrogens is 254 g/mol. The molecule has 1 aromatic carbocycles. The molecule has 0 unspecified atom stereocenters. The summed E-state index contributed by atoms with van der Waals surface area (Å²) in [5, 5.41) is 5.06. The molecule has 0 saturated heterocycles. The largest absolute Gasteiger partial charge is 0.247 e. The summed E-state index contributed by atoms with van der Waals surface area (Å²) in [5.41, 5.74) is 1.99. The van der Waals surface area contributed by atoms with Gasteiger partial charge in [0.25, 0.3) is 0 Å². The molecule has 0 radical (unpaired) electrons. The van der Waals surface area contributed by atoms with Crippen molar-refractivity contribution in [3.63, 3.8) is 0 Å². The van der Waals surface area contributed by atoms with E-state index in [9.17, 15) is 8.42 Å². The van der Waals surface area contributed by atoms with E-state index in [2.05, 4.69) is 6.58 Å². The van der Waals surface area contributed by atoms with E-state index in [-0.39, 0.29) is 4.21 Å². The maximum Gasteiger partial charge on any atom is 0.247 e. The van der Waals surface area contributed by atoms with Gasteiger partial charge in [-0.3, -0.25) is 0 Å². The molecular formula is C12H11NO2S2. The van der Waals surface area contributed by atoms with Crippen molar-refractivity contribution >= 4 is 27.4 Å². The molecule has 0 bridgehead atoms. The Morgan fingerprint density at radius 2 is 1.76 bits per heavy atom. The molecule has 2 aromatic rings. The molecule has 17 heavy (non-hydrogen) atoms. The molecule has 0 amide bonds. The van der Waals surface area contributed by atoms with Crippen molar-refractivity contribution in [3.05, 3.63) is 48.5 Å². The molecule has 88 valence electrons. The summed E-state index contributed by atoms with van der Waals surface area (Å²) >= 11 is 1.17. The smallest absolute Gasteiger partial charge is 0.224 e. The maximum atomic E-state index is 11.2. The van der Waals surface area contributed by atoms with Gasteiger partial charge in [-0.15, -0.1) is 11.3 Å². The molecule has 0 aliphatic rings. The maximum absolute atomic E-state index is 11.2. The summed E-state index contributed by atoms with van der Waals surface area (Å²) in [6.07, 6.45) is 1.76. The number of hydrogen-bond donors (Lipinski definition) is 1. The average Bonchev–Trinajstić information content (AvgIpc) is 2.78. The number of nitrogens with two attached hydrogens (primary N) is 1. The van der Waals surface area contributed by atoms with Crippen LogP contribution in [0.5, 0.6) is 0 Å². The van der Waals surface area contributed by atoms with Gasteiger partial charge in [0.2, 0.25) is 10.0 Å². The molecule has 2 rings (SSSR count). The van der Waals surface area contributed by atoms with E-state index in [0.29, 0.717) is 0 Å². The fourth-order valence-corrected chi connectivity index (χ4v) is 3.15. The second-order valence-corrected chi connectivity index (χ2v) is 6.36. The number of benzene rings is 1. The summed E-state index contributed by atoms with van der Waals surface area (Å²) in [6, 6.07) is 11.0. The van der Waals surface area contributed by atoms with Gasteiger partial charge in [-0.25, -0.2) is 13.6 Å². The molecule has 0 fully saturated rings. The van der Waals surface area contributed by atoms with Crippen LogP contribution in [0.4, 0.5) is 0 Å². The van der Waals surface area contributed by atoms with Crippen LogP contribution in [0.25, 0.3) is 16.5 Å². The van der Waals surface area contributed by atoms with Gasteiger partial charge in [0, 0.05) is 4.88 Å². The van der Waals surface area contributed by atoms with E-state index in [1.54, 1.807) is 12.1 Å². The van der Waals surface area contributed by atoms with Gasteiger partial charge in [-0.05, 0) is 23.3 Å². The number of hydrogen-bond acceptors (Lipinski definition) is 3. The monoisotopic (exact) mass is 265 g/mol. The second kappa shape index (κ2) is 4.44. The first-order valence-electron chi connectivity index (χ1n) is 4.86. The Morgan fingerprint density at radius 3 is 2.24 bits per heavy atom. The lowest BCUT2D eigenvalue weighted by Crippen LogP contribution is -2.09. The van der Waals surface area contributed by atoms with Gasteiger partial charge in [0.05, 0.1) is 0 Å². The predicted octanol–water partition coefficient (Wildman–Crippen LogP) is 2.71. The topological polar surface area (TPSA) is 60.2 Å². The highest BCUT2D eigenvalue weighted by atomic mass is 32.2. The zero-order valence-corrected chi connectivity index (χ0v) is 10.6. The standard InChI is InChI=1S/C12H11NO2S2/c1-2-9-3-5-10(6-4-9)11-7-8-12(16-11)17(13,14)15/h2-8H,1H2,(H2,13,14,15). The van der Waals surface area contributed by atoms with Crippen molar-refractivity contribution in [1.29, 1.82) is 0 Å². The Hall–Kier alpha value is -1.43. The van der Waals surface area contributed by atoms with Gasteiger partial charge < -0.3 is 0 Å². The lowest BCUT2D eigenvalue weighted by molar-refractivity contribution is 0.600. The van der Waals surface area contributed by atoms with Crippen molar-refractivity contribution in [2.24, 2.45) is 5.14 Å². The Labute approximate surface area is 104 Å². The zero-order chi connectivity index (χ0) is 12.5. The summed E-state index contributed by atoms with van der Waals surface area (Å²) in [7, 11) is -3.60. The average molecular weight is 265 g/mol. The number of rotatable bonds is 3. The highest BCUT2D eigenvalue weighted by molar-refractivity contribution is 7.91.